The van der Waals surface area contributed by atoms with E-state index in [0.717, 1.165) is 0 Å². The molecule has 0 saturated heterocycles. The van der Waals surface area contributed by atoms with Crippen molar-refractivity contribution in [1.29, 1.82) is 0 Å². The Hall–Kier alpha value is -3.81. The van der Waals surface area contributed by atoms with Gasteiger partial charge in [-0.25, -0.2) is 10.2 Å². The Kier molecular flexibility index (Phi) is 6.36. The van der Waals surface area contributed by atoms with Crippen molar-refractivity contribution in [3.05, 3.63) is 75.8 Å². The minimum Gasteiger partial charge on any atom is -0.462 e. The maximum atomic E-state index is 12.9. The minimum atomic E-state index is -0.646. The van der Waals surface area contributed by atoms with Crippen molar-refractivity contribution < 1.29 is 14.3 Å². The first-order valence-corrected chi connectivity index (χ1v) is 9.55. The number of pyridine rings is 2. The van der Waals surface area contributed by atoms with Gasteiger partial charge in [-0.3, -0.25) is 14.6 Å². The van der Waals surface area contributed by atoms with E-state index in [-0.39, 0.29) is 18.1 Å². The number of carbonyl (C=O) groups is 2. The van der Waals surface area contributed by atoms with Crippen LogP contribution >= 0.6 is 0 Å². The number of esters is 1. The molecule has 0 spiro atoms. The average molecular weight is 406 g/mol. The number of hydrogen-bond donors (Lipinski definition) is 1. The van der Waals surface area contributed by atoms with Crippen molar-refractivity contribution in [3.63, 3.8) is 0 Å². The van der Waals surface area contributed by atoms with Crippen molar-refractivity contribution >= 4 is 28.5 Å². The Morgan fingerprint density at radius 3 is 2.53 bits per heavy atom. The van der Waals surface area contributed by atoms with E-state index in [4.69, 9.17) is 4.74 Å². The highest BCUT2D eigenvalue weighted by atomic mass is 16.5. The van der Waals surface area contributed by atoms with E-state index in [9.17, 15) is 14.4 Å². The average Bonchev–Trinajstić information content (AvgIpc) is 2.78. The summed E-state index contributed by atoms with van der Waals surface area (Å²) >= 11 is 0. The largest absolute Gasteiger partial charge is 0.462 e. The zero-order valence-corrected chi connectivity index (χ0v) is 17.0. The zero-order chi connectivity index (χ0) is 21.7. The number of carbonyl (C=O) groups excluding carboxylic acids is 2. The summed E-state index contributed by atoms with van der Waals surface area (Å²) in [6, 6.07) is 8.45. The number of rotatable bonds is 6. The van der Waals surface area contributed by atoms with E-state index in [1.807, 2.05) is 17.6 Å². The molecule has 3 aromatic rings. The molecule has 0 aliphatic rings. The van der Waals surface area contributed by atoms with Gasteiger partial charge >= 0.3 is 5.97 Å². The molecule has 0 bridgehead atoms. The first kappa shape index (κ1) is 20.9. The summed E-state index contributed by atoms with van der Waals surface area (Å²) in [4.78, 5) is 41.1. The second-order valence-corrected chi connectivity index (χ2v) is 6.48. The number of amides is 1. The summed E-state index contributed by atoms with van der Waals surface area (Å²) < 4.78 is 6.84. The van der Waals surface area contributed by atoms with Crippen LogP contribution in [0.2, 0.25) is 0 Å². The minimum absolute atomic E-state index is 0.0102. The van der Waals surface area contributed by atoms with Gasteiger partial charge in [0.05, 0.1) is 17.8 Å². The number of nitrogens with one attached hydrogen (secondary N) is 1. The fourth-order valence-corrected chi connectivity index (χ4v) is 3.01. The third kappa shape index (κ3) is 4.27. The first-order valence-electron chi connectivity index (χ1n) is 9.55. The second kappa shape index (κ2) is 9.13. The van der Waals surface area contributed by atoms with Gasteiger partial charge in [0.15, 0.2) is 0 Å². The van der Waals surface area contributed by atoms with E-state index in [1.54, 1.807) is 38.1 Å². The number of benzene rings is 1. The van der Waals surface area contributed by atoms with Crippen LogP contribution in [0, 0.1) is 0 Å². The van der Waals surface area contributed by atoms with Crippen LogP contribution in [-0.4, -0.2) is 33.7 Å². The number of hydrogen-bond acceptors (Lipinski definition) is 6. The summed E-state index contributed by atoms with van der Waals surface area (Å²) in [5.41, 5.74) is 4.39. The number of ether oxygens (including phenoxy) is 1. The third-order valence-electron chi connectivity index (χ3n) is 4.60. The van der Waals surface area contributed by atoms with Gasteiger partial charge in [0.2, 0.25) is 5.43 Å². The van der Waals surface area contributed by atoms with Gasteiger partial charge in [0.25, 0.3) is 5.91 Å². The monoisotopic (exact) mass is 406 g/mol. The van der Waals surface area contributed by atoms with Crippen molar-refractivity contribution in [2.45, 2.75) is 27.3 Å². The summed E-state index contributed by atoms with van der Waals surface area (Å²) in [7, 11) is 0. The summed E-state index contributed by atoms with van der Waals surface area (Å²) in [6.07, 6.45) is 4.57. The third-order valence-corrected chi connectivity index (χ3v) is 4.60. The standard InChI is InChI=1S/C22H22N4O4/c1-4-26-13-18(22(29)30-5-2)20(27)17-12-16(6-7-19(17)26)14(3)24-25-21(28)15-8-10-23-11-9-15/h6-13H,4-5H2,1-3H3,(H,25,28)/b24-14+. The lowest BCUT2D eigenvalue weighted by Gasteiger charge is -2.12. The molecule has 0 saturated carbocycles. The van der Waals surface area contributed by atoms with Crippen LogP contribution in [0.4, 0.5) is 0 Å². The van der Waals surface area contributed by atoms with Gasteiger partial charge in [-0.05, 0) is 50.6 Å². The molecule has 0 atom stereocenters. The Labute approximate surface area is 173 Å². The molecule has 1 aromatic carbocycles. The molecule has 1 amide bonds. The van der Waals surface area contributed by atoms with Crippen LogP contribution in [0.25, 0.3) is 10.9 Å². The molecule has 30 heavy (non-hydrogen) atoms. The van der Waals surface area contributed by atoms with E-state index in [0.29, 0.717) is 34.3 Å². The van der Waals surface area contributed by atoms with Crippen LogP contribution in [0.1, 0.15) is 47.1 Å². The molecule has 0 fully saturated rings. The zero-order valence-electron chi connectivity index (χ0n) is 17.0. The highest BCUT2D eigenvalue weighted by Crippen LogP contribution is 2.16. The van der Waals surface area contributed by atoms with Crippen LogP contribution in [-0.2, 0) is 11.3 Å². The second-order valence-electron chi connectivity index (χ2n) is 6.48. The predicted octanol–water partition coefficient (Wildman–Crippen LogP) is 2.75. The smallest absolute Gasteiger partial charge is 0.343 e. The fourth-order valence-electron chi connectivity index (χ4n) is 3.01. The summed E-state index contributed by atoms with van der Waals surface area (Å²) in [6.45, 7) is 6.11. The Morgan fingerprint density at radius 1 is 1.13 bits per heavy atom. The summed E-state index contributed by atoms with van der Waals surface area (Å²) in [5, 5.41) is 4.52. The van der Waals surface area contributed by atoms with E-state index in [1.165, 1.54) is 18.6 Å². The number of hydrazone groups is 1. The van der Waals surface area contributed by atoms with Crippen molar-refractivity contribution in [3.8, 4) is 0 Å². The van der Waals surface area contributed by atoms with Crippen LogP contribution in [0.5, 0.6) is 0 Å². The molecule has 1 N–H and O–H groups in total. The maximum absolute atomic E-state index is 12.9. The van der Waals surface area contributed by atoms with Gasteiger partial charge in [-0.2, -0.15) is 5.10 Å². The fraction of sp³-hybridized carbons (Fsp3) is 0.227. The molecule has 0 aliphatic heterocycles. The van der Waals surface area contributed by atoms with Crippen molar-refractivity contribution in [1.82, 2.24) is 15.0 Å². The molecule has 0 radical (unpaired) electrons. The Bertz CT molecular complexity index is 1180. The summed E-state index contributed by atoms with van der Waals surface area (Å²) in [5.74, 6) is -1.01. The van der Waals surface area contributed by atoms with E-state index < -0.39 is 11.4 Å². The van der Waals surface area contributed by atoms with Crippen molar-refractivity contribution in [2.75, 3.05) is 6.61 Å². The van der Waals surface area contributed by atoms with Gasteiger partial charge in [0, 0.05) is 36.1 Å². The quantitative estimate of drug-likeness (QED) is 0.385. The maximum Gasteiger partial charge on any atom is 0.343 e. The number of aryl methyl sites for hydroxylation is 1. The van der Waals surface area contributed by atoms with E-state index in [2.05, 4.69) is 15.5 Å². The SMILES string of the molecule is CCOC(=O)c1cn(CC)c2ccc(/C(C)=N/NC(=O)c3ccncc3)cc2c1=O. The van der Waals surface area contributed by atoms with Gasteiger partial charge < -0.3 is 9.30 Å². The predicted molar refractivity (Wildman–Crippen MR) is 114 cm³/mol. The van der Waals surface area contributed by atoms with Gasteiger partial charge in [0.1, 0.15) is 5.56 Å². The number of fused-ring (bicyclic) bond motifs is 1. The molecule has 8 nitrogen and oxygen atoms in total. The molecule has 8 heteroatoms. The lowest BCUT2D eigenvalue weighted by molar-refractivity contribution is 0.0524. The van der Waals surface area contributed by atoms with E-state index >= 15 is 0 Å². The lowest BCUT2D eigenvalue weighted by Crippen LogP contribution is -2.21. The Morgan fingerprint density at radius 2 is 1.87 bits per heavy atom. The molecular formula is C22H22N4O4. The molecule has 0 aliphatic carbocycles. The molecule has 154 valence electrons. The topological polar surface area (TPSA) is 103 Å². The number of nitrogens with zero attached hydrogens (tertiary/aromatic N) is 3. The first-order chi connectivity index (χ1) is 14.5. The molecular weight excluding hydrogens is 384 g/mol. The van der Waals surface area contributed by atoms with Crippen LogP contribution in [0.3, 0.4) is 0 Å². The molecule has 0 unspecified atom stereocenters. The normalized spacial score (nSPS) is 11.4. The molecule has 3 rings (SSSR count). The van der Waals surface area contributed by atoms with Crippen LogP contribution in [0.15, 0.2) is 58.8 Å². The van der Waals surface area contributed by atoms with Gasteiger partial charge in [-0.15, -0.1) is 0 Å². The van der Waals surface area contributed by atoms with Crippen LogP contribution < -0.4 is 10.9 Å². The lowest BCUT2D eigenvalue weighted by atomic mass is 10.1. The highest BCUT2D eigenvalue weighted by Gasteiger charge is 2.17. The molecule has 2 heterocycles. The molecule has 2 aromatic heterocycles. The van der Waals surface area contributed by atoms with Crippen molar-refractivity contribution in [2.24, 2.45) is 5.10 Å². The Balaban J connectivity index is 1.99. The number of aromatic nitrogens is 2. The highest BCUT2D eigenvalue weighted by molar-refractivity contribution is 6.03. The van der Waals surface area contributed by atoms with Gasteiger partial charge in [-0.1, -0.05) is 6.07 Å².